The van der Waals surface area contributed by atoms with Crippen molar-refractivity contribution in [3.63, 3.8) is 0 Å². The van der Waals surface area contributed by atoms with Crippen LogP contribution in [0.1, 0.15) is 32.6 Å². The van der Waals surface area contributed by atoms with E-state index in [1.165, 1.54) is 0 Å². The van der Waals surface area contributed by atoms with E-state index in [9.17, 15) is 9.90 Å². The van der Waals surface area contributed by atoms with Crippen LogP contribution in [0.3, 0.4) is 0 Å². The highest BCUT2D eigenvalue weighted by Crippen LogP contribution is 2.50. The van der Waals surface area contributed by atoms with Crippen LogP contribution < -0.4 is 0 Å². The van der Waals surface area contributed by atoms with E-state index >= 15 is 0 Å². The molecule has 2 aliphatic heterocycles. The number of fused-ring (bicyclic) bond motifs is 3. The Kier molecular flexibility index (Phi) is 4.32. The Bertz CT molecular complexity index is 475. The second-order valence-electron chi connectivity index (χ2n) is 7.38. The largest absolute Gasteiger partial charge is 0.459 e. The number of allylic oxidation sites excluding steroid dienone is 1. The zero-order valence-electron chi connectivity index (χ0n) is 13.7. The van der Waals surface area contributed by atoms with Crippen molar-refractivity contribution in [3.8, 4) is 0 Å². The van der Waals surface area contributed by atoms with Gasteiger partial charge in [0.1, 0.15) is 12.2 Å². The molecule has 22 heavy (non-hydrogen) atoms. The zero-order valence-corrected chi connectivity index (χ0v) is 13.7. The van der Waals surface area contributed by atoms with Crippen molar-refractivity contribution in [2.24, 2.45) is 11.8 Å². The van der Waals surface area contributed by atoms with E-state index in [-0.39, 0.29) is 42.2 Å². The fraction of sp³-hybridized carbons (Fsp3) is 0.824. The predicted octanol–water partition coefficient (Wildman–Crippen LogP) is 1.36. The van der Waals surface area contributed by atoms with Crippen LogP contribution in [0.2, 0.25) is 0 Å². The van der Waals surface area contributed by atoms with Crippen LogP contribution in [0, 0.1) is 11.8 Å². The maximum Gasteiger partial charge on any atom is 0.311 e. The quantitative estimate of drug-likeness (QED) is 0.484. The number of esters is 1. The van der Waals surface area contributed by atoms with Gasteiger partial charge < -0.3 is 19.5 Å². The average molecular weight is 309 g/mol. The molecule has 5 atom stereocenters. The summed E-state index contributed by atoms with van der Waals surface area (Å²) in [6, 6.07) is 0. The van der Waals surface area contributed by atoms with Gasteiger partial charge in [-0.3, -0.25) is 4.79 Å². The molecule has 1 N–H and O–H groups in total. The molecule has 2 fully saturated rings. The van der Waals surface area contributed by atoms with E-state index in [0.29, 0.717) is 6.54 Å². The lowest BCUT2D eigenvalue weighted by molar-refractivity contribution is -0.145. The summed E-state index contributed by atoms with van der Waals surface area (Å²) in [4.78, 5) is 14.4. The standard InChI is InChI=1S/C17H27NO4/c1-17-8-4-5-11(10-19)6-7-12-13(9-18(2)3)16(20)21-14(12)15(17)22-17/h5,12-15,19H,4,6-10H2,1-3H3/b11-5+/t12?,13-,14-,15?,17+/m0/s1. The average Bonchev–Trinajstić information content (AvgIpc) is 3.04. The minimum absolute atomic E-state index is 0.0395. The van der Waals surface area contributed by atoms with Crippen molar-refractivity contribution in [3.05, 3.63) is 11.6 Å². The van der Waals surface area contributed by atoms with Crippen molar-refractivity contribution in [1.29, 1.82) is 0 Å². The van der Waals surface area contributed by atoms with Gasteiger partial charge in [-0.2, -0.15) is 0 Å². The highest BCUT2D eigenvalue weighted by Gasteiger charge is 2.62. The minimum Gasteiger partial charge on any atom is -0.459 e. The maximum absolute atomic E-state index is 12.3. The number of hydrogen-bond donors (Lipinski definition) is 1. The van der Waals surface area contributed by atoms with Crippen LogP contribution in [0.15, 0.2) is 11.6 Å². The molecule has 2 saturated heterocycles. The van der Waals surface area contributed by atoms with Gasteiger partial charge in [-0.25, -0.2) is 0 Å². The molecule has 2 unspecified atom stereocenters. The molecule has 0 aromatic rings. The fourth-order valence-electron chi connectivity index (χ4n) is 4.00. The summed E-state index contributed by atoms with van der Waals surface area (Å²) in [5.41, 5.74) is 0.898. The van der Waals surface area contributed by atoms with E-state index < -0.39 is 0 Å². The van der Waals surface area contributed by atoms with Crippen LogP contribution in [0.25, 0.3) is 0 Å². The summed E-state index contributed by atoms with van der Waals surface area (Å²) in [6.45, 7) is 2.92. The second kappa shape index (κ2) is 5.95. The van der Waals surface area contributed by atoms with Crippen molar-refractivity contribution >= 4 is 5.97 Å². The number of carbonyl (C=O) groups is 1. The van der Waals surface area contributed by atoms with E-state index in [1.807, 2.05) is 19.0 Å². The number of carbonyl (C=O) groups excluding carboxylic acids is 1. The van der Waals surface area contributed by atoms with Crippen LogP contribution >= 0.6 is 0 Å². The van der Waals surface area contributed by atoms with E-state index in [4.69, 9.17) is 9.47 Å². The van der Waals surface area contributed by atoms with Gasteiger partial charge in [0, 0.05) is 12.5 Å². The lowest BCUT2D eigenvalue weighted by atomic mass is 9.80. The van der Waals surface area contributed by atoms with E-state index in [0.717, 1.165) is 31.3 Å². The molecule has 2 heterocycles. The first kappa shape index (κ1) is 16.0. The normalized spacial score (nSPS) is 43.9. The molecule has 1 aliphatic carbocycles. The molecule has 3 rings (SSSR count). The van der Waals surface area contributed by atoms with Gasteiger partial charge >= 0.3 is 5.97 Å². The van der Waals surface area contributed by atoms with Crippen molar-refractivity contribution < 1.29 is 19.4 Å². The second-order valence-corrected chi connectivity index (χ2v) is 7.38. The van der Waals surface area contributed by atoms with Gasteiger partial charge in [-0.15, -0.1) is 0 Å². The van der Waals surface area contributed by atoms with E-state index in [1.54, 1.807) is 0 Å². The Hall–Kier alpha value is -0.910. The number of epoxide rings is 1. The number of aliphatic hydroxyl groups is 1. The molecule has 0 aromatic carbocycles. The van der Waals surface area contributed by atoms with Crippen molar-refractivity contribution in [2.45, 2.75) is 50.4 Å². The Morgan fingerprint density at radius 1 is 1.45 bits per heavy atom. The molecule has 0 amide bonds. The lowest BCUT2D eigenvalue weighted by Crippen LogP contribution is -2.34. The summed E-state index contributed by atoms with van der Waals surface area (Å²) in [7, 11) is 3.97. The molecule has 0 aromatic heterocycles. The van der Waals surface area contributed by atoms with Crippen LogP contribution in [0.5, 0.6) is 0 Å². The maximum atomic E-state index is 12.3. The molecule has 5 heteroatoms. The fourth-order valence-corrected chi connectivity index (χ4v) is 4.00. The number of nitrogens with zero attached hydrogens (tertiary/aromatic N) is 1. The molecule has 0 bridgehead atoms. The summed E-state index contributed by atoms with van der Waals surface area (Å²) in [5, 5.41) is 9.51. The topological polar surface area (TPSA) is 62.3 Å². The van der Waals surface area contributed by atoms with E-state index in [2.05, 4.69) is 13.0 Å². The number of aliphatic hydroxyl groups excluding tert-OH is 1. The smallest absolute Gasteiger partial charge is 0.311 e. The molecule has 0 saturated carbocycles. The highest BCUT2D eigenvalue weighted by molar-refractivity contribution is 5.75. The third-order valence-electron chi connectivity index (χ3n) is 5.37. The monoisotopic (exact) mass is 309 g/mol. The molecule has 124 valence electrons. The van der Waals surface area contributed by atoms with Crippen LogP contribution in [0.4, 0.5) is 0 Å². The molecular weight excluding hydrogens is 282 g/mol. The minimum atomic E-state index is -0.176. The SMILES string of the molecule is CN(C)C[C@@H]1C(=O)O[C@H]2C1CC/C(CO)=C\CC[C@@]1(C)OC21. The van der Waals surface area contributed by atoms with Crippen molar-refractivity contribution in [1.82, 2.24) is 4.90 Å². The summed E-state index contributed by atoms with van der Waals surface area (Å²) in [6.07, 6.45) is 5.59. The summed E-state index contributed by atoms with van der Waals surface area (Å²) in [5.74, 6) is -0.00193. The molecule has 0 radical (unpaired) electrons. The van der Waals surface area contributed by atoms with Gasteiger partial charge in [-0.1, -0.05) is 6.08 Å². The van der Waals surface area contributed by atoms with Crippen molar-refractivity contribution in [2.75, 3.05) is 27.2 Å². The van der Waals surface area contributed by atoms with Gasteiger partial charge in [0.05, 0.1) is 18.1 Å². The van der Waals surface area contributed by atoms with Gasteiger partial charge in [-0.05, 0) is 52.3 Å². The third-order valence-corrected chi connectivity index (χ3v) is 5.37. The third kappa shape index (κ3) is 2.94. The lowest BCUT2D eigenvalue weighted by Gasteiger charge is -2.24. The van der Waals surface area contributed by atoms with Gasteiger partial charge in [0.15, 0.2) is 0 Å². The Labute approximate surface area is 132 Å². The summed E-state index contributed by atoms with van der Waals surface area (Å²) >= 11 is 0. The molecule has 0 spiro atoms. The first-order valence-corrected chi connectivity index (χ1v) is 8.26. The van der Waals surface area contributed by atoms with Crippen LogP contribution in [-0.4, -0.2) is 61.0 Å². The first-order valence-electron chi connectivity index (χ1n) is 8.26. The Morgan fingerprint density at radius 3 is 2.91 bits per heavy atom. The Balaban J connectivity index is 1.83. The highest BCUT2D eigenvalue weighted by atomic mass is 16.6. The van der Waals surface area contributed by atoms with Crippen LogP contribution in [-0.2, 0) is 14.3 Å². The molecular formula is C17H27NO4. The van der Waals surface area contributed by atoms with Gasteiger partial charge in [0.2, 0.25) is 0 Å². The number of hydrogen-bond acceptors (Lipinski definition) is 5. The van der Waals surface area contributed by atoms with Gasteiger partial charge in [0.25, 0.3) is 0 Å². The molecule has 5 nitrogen and oxygen atoms in total. The first-order chi connectivity index (χ1) is 10.4. The molecule has 3 aliphatic rings. The zero-order chi connectivity index (χ0) is 15.9. The predicted molar refractivity (Wildman–Crippen MR) is 82.3 cm³/mol. The number of rotatable bonds is 3. The summed E-state index contributed by atoms with van der Waals surface area (Å²) < 4.78 is 11.7. The number of ether oxygens (including phenoxy) is 2. The Morgan fingerprint density at radius 2 is 2.23 bits per heavy atom.